The van der Waals surface area contributed by atoms with Gasteiger partial charge in [-0.3, -0.25) is 14.6 Å². The maximum absolute atomic E-state index is 10.5. The van der Waals surface area contributed by atoms with Crippen molar-refractivity contribution in [1.82, 2.24) is 9.99 Å². The summed E-state index contributed by atoms with van der Waals surface area (Å²) in [6, 6.07) is 24.4. The third kappa shape index (κ3) is 5.48. The van der Waals surface area contributed by atoms with E-state index in [1.807, 2.05) is 51.2 Å². The normalized spacial score (nSPS) is 15.8. The Balaban J connectivity index is 0.000000233. The molecule has 3 aromatic carbocycles. The molecule has 5 rings (SSSR count). The summed E-state index contributed by atoms with van der Waals surface area (Å²) in [5, 5.41) is 14.6. The molecule has 0 spiro atoms. The smallest absolute Gasteiger partial charge is 0.294 e. The number of hydrogen-bond acceptors (Lipinski definition) is 6. The Hall–Kier alpha value is -3.95. The number of allylic oxidation sites excluding steroid dienone is 1. The highest BCUT2D eigenvalue weighted by Crippen LogP contribution is 2.33. The largest absolute Gasteiger partial charge is 0.357 e. The molecular weight excluding hydrogens is 474 g/mol. The van der Waals surface area contributed by atoms with E-state index in [0.29, 0.717) is 0 Å². The van der Waals surface area contributed by atoms with Crippen molar-refractivity contribution in [3.05, 3.63) is 102 Å². The molecule has 1 aliphatic heterocycles. The van der Waals surface area contributed by atoms with E-state index >= 15 is 0 Å². The van der Waals surface area contributed by atoms with E-state index in [2.05, 4.69) is 62.5 Å². The minimum absolute atomic E-state index is 0.0666. The number of anilines is 1. The fourth-order valence-corrected chi connectivity index (χ4v) is 4.43. The number of nitrogens with one attached hydrogen (secondary N) is 1. The van der Waals surface area contributed by atoms with Gasteiger partial charge in [-0.2, -0.15) is 18.6 Å². The first-order valence-corrected chi connectivity index (χ1v) is 12.9. The molecular formula is C27H29N5O3S. The van der Waals surface area contributed by atoms with Crippen LogP contribution in [0.4, 0.5) is 11.4 Å². The lowest BCUT2D eigenvalue weighted by Crippen LogP contribution is -2.38. The standard InChI is InChI=1S/C20H21N5.C7H8O3S/c1-14-13-19(25(24(14)3)16-9-5-4-6-10-16)22-23-20-15(2)21-18-12-8-7-11-17(18)20;1-6-2-4-7(5-3-6)11(8,9)10/h4-13,19,21H,1-3H3;2-5H,1H3,(H,8,9,10). The quantitative estimate of drug-likeness (QED) is 0.248. The first-order valence-electron chi connectivity index (χ1n) is 11.4. The summed E-state index contributed by atoms with van der Waals surface area (Å²) in [4.78, 5) is 3.30. The highest BCUT2D eigenvalue weighted by Gasteiger charge is 2.28. The number of hydrogen-bond donors (Lipinski definition) is 2. The summed E-state index contributed by atoms with van der Waals surface area (Å²) in [6.45, 7) is 5.96. The lowest BCUT2D eigenvalue weighted by atomic mass is 10.2. The van der Waals surface area contributed by atoms with Crippen LogP contribution < -0.4 is 5.01 Å². The molecule has 36 heavy (non-hydrogen) atoms. The molecule has 1 atom stereocenters. The number of para-hydroxylation sites is 2. The van der Waals surface area contributed by atoms with Crippen molar-refractivity contribution in [2.75, 3.05) is 12.1 Å². The number of rotatable bonds is 4. The SMILES string of the molecule is CC1=CC(N=Nc2c(C)[nH]c3ccccc23)N(c2ccccc2)N1C.Cc1ccc(S(=O)(=O)O)cc1. The second-order valence-corrected chi connectivity index (χ2v) is 9.99. The first-order chi connectivity index (χ1) is 17.1. The predicted octanol–water partition coefficient (Wildman–Crippen LogP) is 6.40. The van der Waals surface area contributed by atoms with E-state index in [0.717, 1.165) is 39.2 Å². The maximum atomic E-state index is 10.5. The second kappa shape index (κ2) is 10.3. The number of fused-ring (bicyclic) bond motifs is 1. The van der Waals surface area contributed by atoms with Crippen molar-refractivity contribution in [1.29, 1.82) is 0 Å². The molecule has 0 bridgehead atoms. The number of benzene rings is 3. The van der Waals surface area contributed by atoms with E-state index in [4.69, 9.17) is 4.55 Å². The van der Waals surface area contributed by atoms with Gasteiger partial charge in [0.25, 0.3) is 10.1 Å². The molecule has 4 aromatic rings. The lowest BCUT2D eigenvalue weighted by Gasteiger charge is -2.32. The number of azo groups is 1. The fraction of sp³-hybridized carbons (Fsp3) is 0.185. The van der Waals surface area contributed by atoms with Gasteiger partial charge in [-0.25, -0.2) is 0 Å². The second-order valence-electron chi connectivity index (χ2n) is 8.57. The Kier molecular flexibility index (Phi) is 7.23. The Bertz CT molecular complexity index is 1510. The summed E-state index contributed by atoms with van der Waals surface area (Å²) in [7, 11) is -1.97. The molecule has 186 valence electrons. The topological polar surface area (TPSA) is 101 Å². The van der Waals surface area contributed by atoms with Crippen LogP contribution >= 0.6 is 0 Å². The lowest BCUT2D eigenvalue weighted by molar-refractivity contribution is 0.390. The van der Waals surface area contributed by atoms with Gasteiger partial charge in [0, 0.05) is 29.3 Å². The van der Waals surface area contributed by atoms with E-state index in [-0.39, 0.29) is 11.1 Å². The molecule has 0 fully saturated rings. The van der Waals surface area contributed by atoms with Gasteiger partial charge in [-0.1, -0.05) is 54.1 Å². The van der Waals surface area contributed by atoms with Crippen molar-refractivity contribution in [2.45, 2.75) is 31.8 Å². The van der Waals surface area contributed by atoms with Gasteiger partial charge in [0.2, 0.25) is 0 Å². The molecule has 8 nitrogen and oxygen atoms in total. The number of aromatic nitrogens is 1. The minimum Gasteiger partial charge on any atom is -0.357 e. The molecule has 1 aliphatic rings. The third-order valence-electron chi connectivity index (χ3n) is 5.95. The van der Waals surface area contributed by atoms with Crippen LogP contribution in [0, 0.1) is 13.8 Å². The highest BCUT2D eigenvalue weighted by molar-refractivity contribution is 7.85. The van der Waals surface area contributed by atoms with Gasteiger partial charge in [0.05, 0.1) is 10.6 Å². The van der Waals surface area contributed by atoms with Gasteiger partial charge in [-0.05, 0) is 57.2 Å². The van der Waals surface area contributed by atoms with Gasteiger partial charge < -0.3 is 4.98 Å². The van der Waals surface area contributed by atoms with Crippen LogP contribution in [0.15, 0.2) is 106 Å². The van der Waals surface area contributed by atoms with Crippen LogP contribution in [0.2, 0.25) is 0 Å². The van der Waals surface area contributed by atoms with Crippen LogP contribution in [0.5, 0.6) is 0 Å². The molecule has 0 aliphatic carbocycles. The van der Waals surface area contributed by atoms with Gasteiger partial charge in [0.15, 0.2) is 6.17 Å². The summed E-state index contributed by atoms with van der Waals surface area (Å²) in [6.07, 6.45) is 1.97. The number of aromatic amines is 1. The average molecular weight is 504 g/mol. The van der Waals surface area contributed by atoms with Gasteiger partial charge >= 0.3 is 0 Å². The Morgan fingerprint density at radius 3 is 2.19 bits per heavy atom. The first kappa shape index (κ1) is 25.2. The monoisotopic (exact) mass is 503 g/mol. The van der Waals surface area contributed by atoms with Crippen LogP contribution in [-0.2, 0) is 10.1 Å². The van der Waals surface area contributed by atoms with Crippen molar-refractivity contribution >= 4 is 32.4 Å². The number of hydrazine groups is 1. The summed E-state index contributed by atoms with van der Waals surface area (Å²) < 4.78 is 29.6. The Morgan fingerprint density at radius 2 is 1.53 bits per heavy atom. The van der Waals surface area contributed by atoms with Crippen molar-refractivity contribution in [3.8, 4) is 0 Å². The van der Waals surface area contributed by atoms with Crippen LogP contribution in [0.25, 0.3) is 10.9 Å². The van der Waals surface area contributed by atoms with Crippen LogP contribution in [0.1, 0.15) is 18.2 Å². The predicted molar refractivity (Wildman–Crippen MR) is 143 cm³/mol. The number of H-pyrrole nitrogens is 1. The van der Waals surface area contributed by atoms with E-state index in [9.17, 15) is 8.42 Å². The summed E-state index contributed by atoms with van der Waals surface area (Å²) in [5.74, 6) is 0. The zero-order valence-electron chi connectivity index (χ0n) is 20.6. The molecule has 1 unspecified atom stereocenters. The van der Waals surface area contributed by atoms with Gasteiger partial charge in [0.1, 0.15) is 5.69 Å². The summed E-state index contributed by atoms with van der Waals surface area (Å²) >= 11 is 0. The van der Waals surface area contributed by atoms with Gasteiger partial charge in [-0.15, -0.1) is 0 Å². The van der Waals surface area contributed by atoms with Crippen LogP contribution in [-0.4, -0.2) is 36.2 Å². The Labute approximate surface area is 211 Å². The van der Waals surface area contributed by atoms with Crippen LogP contribution in [0.3, 0.4) is 0 Å². The molecule has 0 saturated heterocycles. The van der Waals surface area contributed by atoms with E-state index in [1.165, 1.54) is 12.1 Å². The maximum Gasteiger partial charge on any atom is 0.294 e. The Morgan fingerprint density at radius 1 is 0.889 bits per heavy atom. The molecule has 0 saturated carbocycles. The molecule has 1 aromatic heterocycles. The van der Waals surface area contributed by atoms with E-state index in [1.54, 1.807) is 12.1 Å². The third-order valence-corrected chi connectivity index (χ3v) is 6.82. The molecule has 2 N–H and O–H groups in total. The van der Waals surface area contributed by atoms with E-state index < -0.39 is 10.1 Å². The zero-order valence-corrected chi connectivity index (χ0v) is 21.4. The highest BCUT2D eigenvalue weighted by atomic mass is 32.2. The summed E-state index contributed by atoms with van der Waals surface area (Å²) in [5.41, 5.74) is 6.23. The molecule has 2 heterocycles. The molecule has 0 amide bonds. The minimum atomic E-state index is -4.02. The average Bonchev–Trinajstić information content (AvgIpc) is 3.32. The van der Waals surface area contributed by atoms with Crippen molar-refractivity contribution < 1.29 is 13.0 Å². The zero-order chi connectivity index (χ0) is 25.9. The fourth-order valence-electron chi connectivity index (χ4n) is 3.95. The number of aryl methyl sites for hydroxylation is 2. The van der Waals surface area contributed by atoms with Crippen molar-refractivity contribution in [3.63, 3.8) is 0 Å². The number of nitrogens with zero attached hydrogens (tertiary/aromatic N) is 4. The molecule has 0 radical (unpaired) electrons. The molecule has 9 heteroatoms. The van der Waals surface area contributed by atoms with Crippen molar-refractivity contribution in [2.24, 2.45) is 10.2 Å².